The molecule has 0 radical (unpaired) electrons. The van der Waals surface area contributed by atoms with E-state index in [-0.39, 0.29) is 11.6 Å². The van der Waals surface area contributed by atoms with Crippen molar-refractivity contribution in [2.75, 3.05) is 0 Å². The molecule has 0 aliphatic rings. The lowest BCUT2D eigenvalue weighted by Crippen LogP contribution is -2.06. The van der Waals surface area contributed by atoms with Gasteiger partial charge in [-0.3, -0.25) is 4.98 Å². The number of nitrogens with zero attached hydrogens (tertiary/aromatic N) is 4. The van der Waals surface area contributed by atoms with Gasteiger partial charge in [0.05, 0.1) is 6.20 Å². The van der Waals surface area contributed by atoms with E-state index in [0.717, 1.165) is 5.69 Å². The van der Waals surface area contributed by atoms with Crippen LogP contribution in [0.3, 0.4) is 0 Å². The molecule has 17 heavy (non-hydrogen) atoms. The highest BCUT2D eigenvalue weighted by molar-refractivity contribution is 5.85. The molecule has 6 heteroatoms. The smallest absolute Gasteiger partial charge is 0.356 e. The van der Waals surface area contributed by atoms with Crippen LogP contribution in [0.15, 0.2) is 24.7 Å². The van der Waals surface area contributed by atoms with E-state index in [1.54, 1.807) is 24.7 Å². The van der Waals surface area contributed by atoms with Crippen LogP contribution in [0.1, 0.15) is 35.9 Å². The Bertz CT molecular complexity index is 534. The third-order valence-electron chi connectivity index (χ3n) is 2.31. The first-order chi connectivity index (χ1) is 8.09. The molecule has 2 aromatic heterocycles. The zero-order valence-electron chi connectivity index (χ0n) is 9.53. The predicted octanol–water partition coefficient (Wildman–Crippen LogP) is 1.48. The van der Waals surface area contributed by atoms with Crippen molar-refractivity contribution >= 4 is 5.97 Å². The lowest BCUT2D eigenvalue weighted by molar-refractivity contribution is 0.0690. The molecule has 0 aliphatic heterocycles. The predicted molar refractivity (Wildman–Crippen MR) is 60.2 cm³/mol. The van der Waals surface area contributed by atoms with Crippen LogP contribution in [0.2, 0.25) is 0 Å². The molecule has 1 N–H and O–H groups in total. The van der Waals surface area contributed by atoms with Crippen LogP contribution < -0.4 is 0 Å². The fraction of sp³-hybridized carbons (Fsp3) is 0.273. The van der Waals surface area contributed by atoms with Crippen molar-refractivity contribution in [1.82, 2.24) is 19.7 Å². The zero-order valence-corrected chi connectivity index (χ0v) is 9.53. The molecular weight excluding hydrogens is 220 g/mol. The van der Waals surface area contributed by atoms with Gasteiger partial charge in [0.25, 0.3) is 0 Å². The van der Waals surface area contributed by atoms with Crippen LogP contribution >= 0.6 is 0 Å². The summed E-state index contributed by atoms with van der Waals surface area (Å²) in [7, 11) is 0. The lowest BCUT2D eigenvalue weighted by atomic mass is 10.1. The van der Waals surface area contributed by atoms with Crippen LogP contribution in [0.25, 0.3) is 5.82 Å². The van der Waals surface area contributed by atoms with Gasteiger partial charge in [-0.05, 0) is 12.0 Å². The molecule has 0 amide bonds. The summed E-state index contributed by atoms with van der Waals surface area (Å²) in [6.07, 6.45) is 4.65. The SMILES string of the molecule is CC(C)c1cc(C(=O)O)nn1-c1cnccn1. The maximum atomic E-state index is 10.9. The van der Waals surface area contributed by atoms with Crippen LogP contribution in [0.4, 0.5) is 0 Å². The van der Waals surface area contributed by atoms with Gasteiger partial charge in [0, 0.05) is 18.1 Å². The third-order valence-corrected chi connectivity index (χ3v) is 2.31. The number of aromatic nitrogens is 4. The highest BCUT2D eigenvalue weighted by atomic mass is 16.4. The summed E-state index contributed by atoms with van der Waals surface area (Å²) in [6, 6.07) is 1.56. The average molecular weight is 232 g/mol. The summed E-state index contributed by atoms with van der Waals surface area (Å²) in [4.78, 5) is 19.0. The highest BCUT2D eigenvalue weighted by Crippen LogP contribution is 2.18. The Hall–Kier alpha value is -2.24. The Morgan fingerprint density at radius 2 is 2.18 bits per heavy atom. The van der Waals surface area contributed by atoms with Gasteiger partial charge in [-0.1, -0.05) is 13.8 Å². The fourth-order valence-corrected chi connectivity index (χ4v) is 1.50. The van der Waals surface area contributed by atoms with E-state index >= 15 is 0 Å². The Balaban J connectivity index is 2.56. The maximum absolute atomic E-state index is 10.9. The number of hydrogen-bond acceptors (Lipinski definition) is 4. The summed E-state index contributed by atoms with van der Waals surface area (Å²) < 4.78 is 1.52. The normalized spacial score (nSPS) is 10.8. The first-order valence-electron chi connectivity index (χ1n) is 5.19. The number of aromatic carboxylic acids is 1. The van der Waals surface area contributed by atoms with Gasteiger partial charge in [-0.15, -0.1) is 0 Å². The van der Waals surface area contributed by atoms with Crippen molar-refractivity contribution in [2.45, 2.75) is 19.8 Å². The lowest BCUT2D eigenvalue weighted by Gasteiger charge is -2.07. The molecule has 0 fully saturated rings. The molecule has 0 aliphatic carbocycles. The van der Waals surface area contributed by atoms with Crippen LogP contribution in [0, 0.1) is 0 Å². The van der Waals surface area contributed by atoms with Crippen LogP contribution in [0.5, 0.6) is 0 Å². The summed E-state index contributed by atoms with van der Waals surface area (Å²) in [5.74, 6) is -0.379. The van der Waals surface area contributed by atoms with Gasteiger partial charge in [0.15, 0.2) is 11.5 Å². The minimum Gasteiger partial charge on any atom is -0.476 e. The van der Waals surface area contributed by atoms with Crippen molar-refractivity contribution in [3.8, 4) is 5.82 Å². The zero-order chi connectivity index (χ0) is 12.4. The van der Waals surface area contributed by atoms with Crippen LogP contribution in [-0.4, -0.2) is 30.8 Å². The Labute approximate surface area is 98.0 Å². The monoisotopic (exact) mass is 232 g/mol. The molecule has 88 valence electrons. The molecule has 2 rings (SSSR count). The van der Waals surface area contributed by atoms with Crippen molar-refractivity contribution in [3.05, 3.63) is 36.0 Å². The van der Waals surface area contributed by atoms with E-state index in [1.165, 1.54) is 4.68 Å². The summed E-state index contributed by atoms with van der Waals surface area (Å²) in [5.41, 5.74) is 0.808. The first kappa shape index (κ1) is 11.3. The van der Waals surface area contributed by atoms with E-state index in [9.17, 15) is 4.79 Å². The quantitative estimate of drug-likeness (QED) is 0.866. The minimum absolute atomic E-state index is 0.0133. The molecule has 0 aromatic carbocycles. The number of hydrogen-bond donors (Lipinski definition) is 1. The standard InChI is InChI=1S/C11H12N4O2/c1-7(2)9-5-8(11(16)17)14-15(9)10-6-12-3-4-13-10/h3-7H,1-2H3,(H,16,17). The first-order valence-corrected chi connectivity index (χ1v) is 5.19. The van der Waals surface area contributed by atoms with Gasteiger partial charge in [-0.2, -0.15) is 5.10 Å². The van der Waals surface area contributed by atoms with Crippen molar-refractivity contribution < 1.29 is 9.90 Å². The van der Waals surface area contributed by atoms with Gasteiger partial charge in [0.1, 0.15) is 0 Å². The molecule has 2 aromatic rings. The molecule has 2 heterocycles. The van der Waals surface area contributed by atoms with Gasteiger partial charge in [0.2, 0.25) is 0 Å². The number of rotatable bonds is 3. The van der Waals surface area contributed by atoms with E-state index < -0.39 is 5.97 Å². The molecule has 0 atom stereocenters. The molecule has 0 saturated heterocycles. The third kappa shape index (κ3) is 2.15. The Morgan fingerprint density at radius 1 is 1.41 bits per heavy atom. The largest absolute Gasteiger partial charge is 0.476 e. The maximum Gasteiger partial charge on any atom is 0.356 e. The molecule has 6 nitrogen and oxygen atoms in total. The Kier molecular flexibility index (Phi) is 2.86. The summed E-state index contributed by atoms with van der Waals surface area (Å²) in [6.45, 7) is 3.94. The second kappa shape index (κ2) is 4.32. The molecule has 0 bridgehead atoms. The Morgan fingerprint density at radius 3 is 2.71 bits per heavy atom. The summed E-state index contributed by atoms with van der Waals surface area (Å²) in [5, 5.41) is 13.0. The molecule has 0 spiro atoms. The van der Waals surface area contributed by atoms with Crippen molar-refractivity contribution in [2.24, 2.45) is 0 Å². The van der Waals surface area contributed by atoms with Gasteiger partial charge in [-0.25, -0.2) is 14.5 Å². The number of carboxylic acid groups (broad SMARTS) is 1. The number of carboxylic acids is 1. The minimum atomic E-state index is -1.05. The highest BCUT2D eigenvalue weighted by Gasteiger charge is 2.17. The van der Waals surface area contributed by atoms with Crippen LogP contribution in [-0.2, 0) is 0 Å². The molecular formula is C11H12N4O2. The second-order valence-corrected chi connectivity index (χ2v) is 3.89. The van der Waals surface area contributed by atoms with Gasteiger partial charge < -0.3 is 5.11 Å². The van der Waals surface area contributed by atoms with Crippen molar-refractivity contribution in [3.63, 3.8) is 0 Å². The fourth-order valence-electron chi connectivity index (χ4n) is 1.50. The van der Waals surface area contributed by atoms with E-state index in [4.69, 9.17) is 5.11 Å². The van der Waals surface area contributed by atoms with E-state index in [0.29, 0.717) is 5.82 Å². The van der Waals surface area contributed by atoms with E-state index in [2.05, 4.69) is 15.1 Å². The summed E-state index contributed by atoms with van der Waals surface area (Å²) >= 11 is 0. The topological polar surface area (TPSA) is 80.9 Å². The molecule has 0 saturated carbocycles. The van der Waals surface area contributed by atoms with Gasteiger partial charge >= 0.3 is 5.97 Å². The second-order valence-electron chi connectivity index (χ2n) is 3.89. The molecule has 0 unspecified atom stereocenters. The number of carbonyl (C=O) groups is 1. The average Bonchev–Trinajstić information content (AvgIpc) is 2.75. The van der Waals surface area contributed by atoms with E-state index in [1.807, 2.05) is 13.8 Å². The van der Waals surface area contributed by atoms with Crippen molar-refractivity contribution in [1.29, 1.82) is 0 Å².